The molecule has 1 N–H and O–H groups in total. The summed E-state index contributed by atoms with van der Waals surface area (Å²) in [6, 6.07) is 7.71. The van der Waals surface area contributed by atoms with E-state index in [9.17, 15) is 22.8 Å². The number of likely N-dealkylation sites (tertiary alicyclic amines) is 1. The van der Waals surface area contributed by atoms with Crippen molar-refractivity contribution in [1.82, 2.24) is 14.8 Å². The number of aromatic nitrogens is 1. The summed E-state index contributed by atoms with van der Waals surface area (Å²) in [5, 5.41) is 3.93. The zero-order chi connectivity index (χ0) is 24.2. The van der Waals surface area contributed by atoms with E-state index in [-0.39, 0.29) is 19.6 Å². The fourth-order valence-electron chi connectivity index (χ4n) is 5.00. The van der Waals surface area contributed by atoms with Gasteiger partial charge in [-0.1, -0.05) is 11.6 Å². The van der Waals surface area contributed by atoms with Crippen LogP contribution in [0.15, 0.2) is 30.3 Å². The van der Waals surface area contributed by atoms with Gasteiger partial charge in [-0.05, 0) is 57.0 Å². The number of hydrogen-bond donors (Lipinski definition) is 1. The quantitative estimate of drug-likeness (QED) is 0.643. The van der Waals surface area contributed by atoms with Crippen molar-refractivity contribution < 1.29 is 28.9 Å². The lowest BCUT2D eigenvalue weighted by atomic mass is 9.79. The highest BCUT2D eigenvalue weighted by atomic mass is 35.5. The second-order valence-electron chi connectivity index (χ2n) is 9.25. The molecule has 4 rings (SSSR count). The van der Waals surface area contributed by atoms with Crippen molar-refractivity contribution in [3.05, 3.63) is 52.3 Å². The van der Waals surface area contributed by atoms with Crippen LogP contribution >= 0.6 is 11.6 Å². The number of ketones is 1. The normalized spacial score (nSPS) is 19.3. The largest absolute Gasteiger partial charge is 0.495 e. The molecule has 2 aromatic rings. The number of methoxy groups -OCH3 is 1. The van der Waals surface area contributed by atoms with Crippen LogP contribution in [0.5, 0.6) is 5.75 Å². The maximum atomic E-state index is 13.1. The Morgan fingerprint density at radius 3 is 2.39 bits per heavy atom. The van der Waals surface area contributed by atoms with E-state index >= 15 is 0 Å². The molecular formula is C23H27ClF3N3O3. The minimum Gasteiger partial charge on any atom is -0.495 e. The number of alkyl halides is 3. The number of nitrogens with zero attached hydrogens (tertiary/aromatic N) is 2. The first-order chi connectivity index (χ1) is 15.4. The summed E-state index contributed by atoms with van der Waals surface area (Å²) in [6.07, 6.45) is -3.95. The van der Waals surface area contributed by atoms with Gasteiger partial charge in [-0.3, -0.25) is 14.9 Å². The summed E-state index contributed by atoms with van der Waals surface area (Å²) in [5.74, 6) is -1.54. The second kappa shape index (κ2) is 8.06. The molecule has 0 atom stereocenters. The predicted octanol–water partition coefficient (Wildman–Crippen LogP) is 4.65. The van der Waals surface area contributed by atoms with Gasteiger partial charge in [-0.15, -0.1) is 0 Å². The smallest absolute Gasteiger partial charge is 0.456 e. The van der Waals surface area contributed by atoms with E-state index < -0.39 is 23.0 Å². The topological polar surface area (TPSA) is 63.6 Å². The average molecular weight is 486 g/mol. The van der Waals surface area contributed by atoms with Crippen LogP contribution in [0, 0.1) is 0 Å². The number of Topliss-reactive ketones (excluding diaryl/α,β-unsaturated/α-hetero) is 1. The van der Waals surface area contributed by atoms with Crippen LogP contribution in [0.2, 0.25) is 5.02 Å². The summed E-state index contributed by atoms with van der Waals surface area (Å²) < 4.78 is 46.1. The number of rotatable bonds is 3. The van der Waals surface area contributed by atoms with Crippen molar-refractivity contribution in [2.75, 3.05) is 20.2 Å². The Hall–Kier alpha value is -2.52. The number of carbonyl (C=O) groups excluding carboxylic acids is 2. The van der Waals surface area contributed by atoms with E-state index in [0.29, 0.717) is 48.0 Å². The Balaban J connectivity index is 0.00000324. The maximum Gasteiger partial charge on any atom is 0.456 e. The molecule has 6 nitrogen and oxygen atoms in total. The van der Waals surface area contributed by atoms with Gasteiger partial charge in [-0.25, -0.2) is 0 Å². The first-order valence-corrected chi connectivity index (χ1v) is 11.0. The minimum atomic E-state index is -4.94. The van der Waals surface area contributed by atoms with Gasteiger partial charge in [0, 0.05) is 37.9 Å². The average Bonchev–Trinajstić information content (AvgIpc) is 3.15. The predicted molar refractivity (Wildman–Crippen MR) is 119 cm³/mol. The molecular weight excluding hydrogens is 459 g/mol. The summed E-state index contributed by atoms with van der Waals surface area (Å²) in [5.41, 5.74) is -0.440. The van der Waals surface area contributed by atoms with Crippen LogP contribution < -0.4 is 10.1 Å². The molecule has 0 unspecified atom stereocenters. The summed E-state index contributed by atoms with van der Waals surface area (Å²) in [7, 11) is 1.50. The number of benzene rings is 1. The maximum absolute atomic E-state index is 13.1. The SMILES string of the molecule is COc1ccc(C(=O)N2CCC3(CC2)NC(C)(C)Cn2c(C(=O)C(F)(F)F)ccc23)cc1Cl.[HH]. The van der Waals surface area contributed by atoms with Gasteiger partial charge >= 0.3 is 6.18 Å². The van der Waals surface area contributed by atoms with E-state index in [1.54, 1.807) is 29.2 Å². The van der Waals surface area contributed by atoms with E-state index in [1.807, 2.05) is 13.8 Å². The molecule has 2 aliphatic heterocycles. The molecule has 33 heavy (non-hydrogen) atoms. The standard InChI is InChI=1S/C23H25ClF3N3O3.H2/c1-21(2)13-30-16(19(31)23(25,26)27)5-7-18(30)22(28-21)8-10-29(11-9-22)20(32)14-4-6-17(33-3)15(24)12-14;/h4-7,12,28H,8-11,13H2,1-3H3;1H. The molecule has 0 bridgehead atoms. The second-order valence-corrected chi connectivity index (χ2v) is 9.66. The molecule has 10 heteroatoms. The molecule has 1 saturated heterocycles. The lowest BCUT2D eigenvalue weighted by Gasteiger charge is -2.51. The molecule has 2 aliphatic rings. The van der Waals surface area contributed by atoms with Gasteiger partial charge in [0.1, 0.15) is 5.75 Å². The first-order valence-electron chi connectivity index (χ1n) is 10.6. The molecule has 3 heterocycles. The van der Waals surface area contributed by atoms with Crippen LogP contribution in [0.1, 0.15) is 54.7 Å². The zero-order valence-electron chi connectivity index (χ0n) is 18.6. The highest BCUT2D eigenvalue weighted by molar-refractivity contribution is 6.32. The Bertz CT molecular complexity index is 1110. The fraction of sp³-hybridized carbons (Fsp3) is 0.478. The number of nitrogens with one attached hydrogen (secondary N) is 1. The van der Waals surface area contributed by atoms with Gasteiger partial charge < -0.3 is 14.2 Å². The number of fused-ring (bicyclic) bond motifs is 2. The van der Waals surface area contributed by atoms with Crippen LogP contribution in [0.4, 0.5) is 13.2 Å². The Morgan fingerprint density at radius 2 is 1.82 bits per heavy atom. The van der Waals surface area contributed by atoms with Crippen molar-refractivity contribution in [3.63, 3.8) is 0 Å². The van der Waals surface area contributed by atoms with Gasteiger partial charge in [0.15, 0.2) is 0 Å². The van der Waals surface area contributed by atoms with Crippen LogP contribution in [-0.2, 0) is 12.1 Å². The Labute approximate surface area is 196 Å². The molecule has 1 aromatic heterocycles. The number of amides is 1. The Morgan fingerprint density at radius 1 is 1.15 bits per heavy atom. The van der Waals surface area contributed by atoms with E-state index in [4.69, 9.17) is 16.3 Å². The minimum absolute atomic E-state index is 0. The molecule has 180 valence electrons. The third kappa shape index (κ3) is 4.24. The number of halogens is 4. The first kappa shape index (κ1) is 23.6. The number of piperidine rings is 1. The lowest BCUT2D eigenvalue weighted by Crippen LogP contribution is -2.63. The van der Waals surface area contributed by atoms with Crippen LogP contribution in [0.3, 0.4) is 0 Å². The van der Waals surface area contributed by atoms with E-state index in [2.05, 4.69) is 5.32 Å². The van der Waals surface area contributed by atoms with Crippen molar-refractivity contribution in [2.24, 2.45) is 0 Å². The highest BCUT2D eigenvalue weighted by Gasteiger charge is 2.49. The number of ether oxygens (including phenoxy) is 1. The van der Waals surface area contributed by atoms with E-state index in [1.165, 1.54) is 17.7 Å². The van der Waals surface area contributed by atoms with Crippen molar-refractivity contribution in [2.45, 2.75) is 50.5 Å². The Kier molecular flexibility index (Phi) is 5.77. The molecule has 0 radical (unpaired) electrons. The van der Waals surface area contributed by atoms with Gasteiger partial charge in [0.05, 0.1) is 23.4 Å². The molecule has 1 fully saturated rings. The number of carbonyl (C=O) groups is 2. The van der Waals surface area contributed by atoms with Crippen LogP contribution in [0.25, 0.3) is 0 Å². The number of hydrogen-bond acceptors (Lipinski definition) is 4. The monoisotopic (exact) mass is 485 g/mol. The van der Waals surface area contributed by atoms with Gasteiger partial charge in [-0.2, -0.15) is 13.2 Å². The fourth-order valence-corrected chi connectivity index (χ4v) is 5.26. The molecule has 0 saturated carbocycles. The van der Waals surface area contributed by atoms with Crippen molar-refractivity contribution in [3.8, 4) is 5.75 Å². The van der Waals surface area contributed by atoms with Crippen molar-refractivity contribution >= 4 is 23.3 Å². The van der Waals surface area contributed by atoms with Crippen LogP contribution in [-0.4, -0.2) is 53.1 Å². The third-order valence-corrected chi connectivity index (χ3v) is 6.69. The molecule has 1 spiro atoms. The molecule has 1 aromatic carbocycles. The molecule has 0 aliphatic carbocycles. The lowest BCUT2D eigenvalue weighted by molar-refractivity contribution is -0.0892. The summed E-state index contributed by atoms with van der Waals surface area (Å²) in [4.78, 5) is 26.8. The third-order valence-electron chi connectivity index (χ3n) is 6.40. The van der Waals surface area contributed by atoms with Crippen molar-refractivity contribution in [1.29, 1.82) is 0 Å². The van der Waals surface area contributed by atoms with Gasteiger partial charge in [0.2, 0.25) is 0 Å². The highest BCUT2D eigenvalue weighted by Crippen LogP contribution is 2.41. The summed E-state index contributed by atoms with van der Waals surface area (Å²) >= 11 is 6.16. The van der Waals surface area contributed by atoms with E-state index in [0.717, 1.165) is 0 Å². The summed E-state index contributed by atoms with van der Waals surface area (Å²) in [6.45, 7) is 4.84. The van der Waals surface area contributed by atoms with Gasteiger partial charge in [0.25, 0.3) is 11.7 Å². The molecule has 1 amide bonds. The zero-order valence-corrected chi connectivity index (χ0v) is 19.3.